The average Bonchev–Trinajstić information content (AvgIpc) is 3.13. The standard InChI is InChI=1S/C21H30BNO2/c1-12-13(2)17-15-10-9-11-16(15)23(8)19(17)18(14(12)3)22-24-20(4,5)21(6,7)25-22/h9-11H2,1-8H3. The van der Waals surface area contributed by atoms with Gasteiger partial charge in [-0.25, -0.2) is 0 Å². The van der Waals surface area contributed by atoms with E-state index in [1.165, 1.54) is 58.0 Å². The Morgan fingerprint density at radius 2 is 1.48 bits per heavy atom. The lowest BCUT2D eigenvalue weighted by atomic mass is 9.72. The van der Waals surface area contributed by atoms with Gasteiger partial charge < -0.3 is 13.9 Å². The zero-order chi connectivity index (χ0) is 18.3. The Kier molecular flexibility index (Phi) is 3.53. The van der Waals surface area contributed by atoms with Crippen LogP contribution in [0.3, 0.4) is 0 Å². The molecular formula is C21H30BNO2. The number of rotatable bonds is 1. The number of aromatic nitrogens is 1. The summed E-state index contributed by atoms with van der Waals surface area (Å²) < 4.78 is 15.3. The molecule has 0 bridgehead atoms. The second-order valence-corrected chi connectivity index (χ2v) is 8.94. The Labute approximate surface area is 151 Å². The molecule has 2 heterocycles. The Morgan fingerprint density at radius 1 is 0.880 bits per heavy atom. The number of nitrogens with zero attached hydrogens (tertiary/aromatic N) is 1. The molecule has 2 aromatic rings. The number of hydrogen-bond donors (Lipinski definition) is 0. The molecule has 0 atom stereocenters. The molecule has 25 heavy (non-hydrogen) atoms. The molecule has 0 unspecified atom stereocenters. The maximum Gasteiger partial charge on any atom is 0.497 e. The fraction of sp³-hybridized carbons (Fsp3) is 0.619. The van der Waals surface area contributed by atoms with Crippen molar-refractivity contribution < 1.29 is 9.31 Å². The van der Waals surface area contributed by atoms with E-state index in [1.54, 1.807) is 5.56 Å². The summed E-state index contributed by atoms with van der Waals surface area (Å²) in [6.45, 7) is 15.3. The maximum absolute atomic E-state index is 6.45. The first kappa shape index (κ1) is 17.2. The van der Waals surface area contributed by atoms with Crippen LogP contribution in [0.15, 0.2) is 0 Å². The summed E-state index contributed by atoms with van der Waals surface area (Å²) in [5, 5.41) is 1.45. The number of aryl methyl sites for hydroxylation is 3. The highest BCUT2D eigenvalue weighted by molar-refractivity contribution is 6.65. The molecule has 0 spiro atoms. The minimum absolute atomic E-state index is 0.305. The quantitative estimate of drug-likeness (QED) is 0.736. The van der Waals surface area contributed by atoms with Crippen molar-refractivity contribution >= 4 is 23.5 Å². The molecule has 0 radical (unpaired) electrons. The van der Waals surface area contributed by atoms with Gasteiger partial charge in [-0.15, -0.1) is 0 Å². The van der Waals surface area contributed by atoms with Crippen molar-refractivity contribution in [3.05, 3.63) is 27.9 Å². The van der Waals surface area contributed by atoms with E-state index in [-0.39, 0.29) is 18.3 Å². The van der Waals surface area contributed by atoms with Gasteiger partial charge in [0.1, 0.15) is 0 Å². The highest BCUT2D eigenvalue weighted by Crippen LogP contribution is 2.40. The minimum atomic E-state index is -0.316. The van der Waals surface area contributed by atoms with Gasteiger partial charge in [0.2, 0.25) is 0 Å². The Balaban J connectivity index is 2.03. The second kappa shape index (κ2) is 5.14. The van der Waals surface area contributed by atoms with Crippen LogP contribution < -0.4 is 5.46 Å². The van der Waals surface area contributed by atoms with Crippen molar-refractivity contribution in [2.24, 2.45) is 7.05 Å². The summed E-state index contributed by atoms with van der Waals surface area (Å²) in [6, 6.07) is 0. The summed E-state index contributed by atoms with van der Waals surface area (Å²) in [5.74, 6) is 0. The Hall–Kier alpha value is -1.26. The van der Waals surface area contributed by atoms with E-state index >= 15 is 0 Å². The van der Waals surface area contributed by atoms with Crippen molar-refractivity contribution in [2.75, 3.05) is 0 Å². The van der Waals surface area contributed by atoms with Crippen LogP contribution >= 0.6 is 0 Å². The fourth-order valence-corrected chi connectivity index (χ4v) is 4.63. The third-order valence-corrected chi connectivity index (χ3v) is 7.12. The van der Waals surface area contributed by atoms with Gasteiger partial charge in [-0.05, 0) is 90.0 Å². The molecule has 0 N–H and O–H groups in total. The molecule has 1 aliphatic carbocycles. The zero-order valence-corrected chi connectivity index (χ0v) is 17.0. The van der Waals surface area contributed by atoms with E-state index in [1.807, 2.05) is 0 Å². The highest BCUT2D eigenvalue weighted by atomic mass is 16.7. The first-order valence-electron chi connectivity index (χ1n) is 9.52. The molecule has 4 heteroatoms. The van der Waals surface area contributed by atoms with Gasteiger partial charge in [-0.1, -0.05) is 0 Å². The molecule has 3 nitrogen and oxygen atoms in total. The van der Waals surface area contributed by atoms with E-state index < -0.39 is 0 Å². The molecule has 0 saturated carbocycles. The van der Waals surface area contributed by atoms with E-state index in [4.69, 9.17) is 9.31 Å². The van der Waals surface area contributed by atoms with Gasteiger partial charge in [0, 0.05) is 29.1 Å². The summed E-state index contributed by atoms with van der Waals surface area (Å²) in [4.78, 5) is 0. The topological polar surface area (TPSA) is 23.4 Å². The van der Waals surface area contributed by atoms with E-state index in [9.17, 15) is 0 Å². The molecule has 2 aliphatic rings. The van der Waals surface area contributed by atoms with Crippen molar-refractivity contribution in [3.63, 3.8) is 0 Å². The Morgan fingerprint density at radius 3 is 2.08 bits per heavy atom. The van der Waals surface area contributed by atoms with Crippen LogP contribution in [0, 0.1) is 20.8 Å². The predicted molar refractivity (Wildman–Crippen MR) is 105 cm³/mol. The van der Waals surface area contributed by atoms with Gasteiger partial charge in [0.05, 0.1) is 11.2 Å². The lowest BCUT2D eigenvalue weighted by molar-refractivity contribution is 0.00578. The van der Waals surface area contributed by atoms with Crippen LogP contribution in [0.25, 0.3) is 10.9 Å². The van der Waals surface area contributed by atoms with Gasteiger partial charge in [-0.2, -0.15) is 0 Å². The average molecular weight is 339 g/mol. The van der Waals surface area contributed by atoms with Crippen molar-refractivity contribution in [3.8, 4) is 0 Å². The minimum Gasteiger partial charge on any atom is -0.399 e. The fourth-order valence-electron chi connectivity index (χ4n) is 4.63. The van der Waals surface area contributed by atoms with Gasteiger partial charge in [-0.3, -0.25) is 0 Å². The Bertz CT molecular complexity index is 876. The van der Waals surface area contributed by atoms with Crippen LogP contribution in [0.1, 0.15) is 62.1 Å². The van der Waals surface area contributed by atoms with Crippen LogP contribution in [-0.2, 0) is 29.2 Å². The zero-order valence-electron chi connectivity index (χ0n) is 17.0. The predicted octanol–water partition coefficient (Wildman–Crippen LogP) is 3.89. The summed E-state index contributed by atoms with van der Waals surface area (Å²) in [6.07, 6.45) is 3.65. The smallest absolute Gasteiger partial charge is 0.399 e. The molecule has 1 aliphatic heterocycles. The summed E-state index contributed by atoms with van der Waals surface area (Å²) in [5.41, 5.74) is 9.08. The van der Waals surface area contributed by atoms with E-state index in [0.29, 0.717) is 0 Å². The second-order valence-electron chi connectivity index (χ2n) is 8.94. The number of benzene rings is 1. The summed E-state index contributed by atoms with van der Waals surface area (Å²) >= 11 is 0. The van der Waals surface area contributed by atoms with Crippen LogP contribution in [0.2, 0.25) is 0 Å². The molecule has 134 valence electrons. The van der Waals surface area contributed by atoms with E-state index in [2.05, 4.69) is 60.1 Å². The van der Waals surface area contributed by atoms with Crippen molar-refractivity contribution in [1.82, 2.24) is 4.57 Å². The van der Waals surface area contributed by atoms with Gasteiger partial charge >= 0.3 is 7.12 Å². The molecule has 1 aromatic heterocycles. The lowest BCUT2D eigenvalue weighted by Crippen LogP contribution is -2.41. The van der Waals surface area contributed by atoms with Gasteiger partial charge in [0.15, 0.2) is 0 Å². The number of fused-ring (bicyclic) bond motifs is 3. The first-order valence-corrected chi connectivity index (χ1v) is 9.52. The van der Waals surface area contributed by atoms with E-state index in [0.717, 1.165) is 0 Å². The molecule has 0 amide bonds. The molecular weight excluding hydrogens is 309 g/mol. The molecule has 4 rings (SSSR count). The monoisotopic (exact) mass is 339 g/mol. The van der Waals surface area contributed by atoms with Crippen LogP contribution in [0.4, 0.5) is 0 Å². The molecule has 1 aromatic carbocycles. The SMILES string of the molecule is Cc1c(C)c(B2OC(C)(C)C(C)(C)O2)c2c(c1C)c1c(n2C)CCC1. The largest absolute Gasteiger partial charge is 0.497 e. The summed E-state index contributed by atoms with van der Waals surface area (Å²) in [7, 11) is 1.91. The third-order valence-electron chi connectivity index (χ3n) is 7.12. The molecule has 1 fully saturated rings. The van der Waals surface area contributed by atoms with Crippen molar-refractivity contribution in [1.29, 1.82) is 0 Å². The van der Waals surface area contributed by atoms with Crippen LogP contribution in [-0.4, -0.2) is 22.9 Å². The van der Waals surface area contributed by atoms with Crippen LogP contribution in [0.5, 0.6) is 0 Å². The third kappa shape index (κ3) is 2.13. The first-order chi connectivity index (χ1) is 11.6. The number of hydrogen-bond acceptors (Lipinski definition) is 2. The maximum atomic E-state index is 6.45. The lowest BCUT2D eigenvalue weighted by Gasteiger charge is -2.32. The highest BCUT2D eigenvalue weighted by Gasteiger charge is 2.53. The van der Waals surface area contributed by atoms with Crippen molar-refractivity contribution in [2.45, 2.75) is 78.9 Å². The van der Waals surface area contributed by atoms with Gasteiger partial charge in [0.25, 0.3) is 0 Å². The molecule has 1 saturated heterocycles. The normalized spacial score (nSPS) is 21.4.